The molecule has 8 heteroatoms. The number of ketones is 2. The van der Waals surface area contributed by atoms with E-state index >= 15 is 0 Å². The van der Waals surface area contributed by atoms with Crippen LogP contribution in [0.5, 0.6) is 0 Å². The third-order valence-corrected chi connectivity index (χ3v) is 7.79. The Kier molecular flexibility index (Phi) is 3.55. The lowest BCUT2D eigenvalue weighted by atomic mass is 9.39. The minimum atomic E-state index is -0.841. The molecule has 0 N–H and O–H groups in total. The van der Waals surface area contributed by atoms with Crippen LogP contribution in [0.1, 0.15) is 24.0 Å². The molecule has 0 radical (unpaired) electrons. The molecular weight excluding hydrogens is 412 g/mol. The minimum absolute atomic E-state index is 0.0897. The highest BCUT2D eigenvalue weighted by Gasteiger charge is 2.81. The number of amides is 2. The van der Waals surface area contributed by atoms with Crippen molar-refractivity contribution in [2.75, 3.05) is 24.0 Å². The predicted octanol–water partition coefficient (Wildman–Crippen LogP) is 2.72. The normalized spacial score (nSPS) is 31.1. The molecule has 32 heavy (non-hydrogen) atoms. The van der Waals surface area contributed by atoms with Crippen LogP contribution in [0.15, 0.2) is 48.5 Å². The largest absolute Gasteiger partial charge is 0.452 e. The van der Waals surface area contributed by atoms with E-state index in [1.54, 1.807) is 12.1 Å². The van der Waals surface area contributed by atoms with Gasteiger partial charge in [-0.3, -0.25) is 19.4 Å². The van der Waals surface area contributed by atoms with Crippen molar-refractivity contribution >= 4 is 35.1 Å². The van der Waals surface area contributed by atoms with E-state index < -0.39 is 35.1 Å². The highest BCUT2D eigenvalue weighted by Crippen LogP contribution is 2.72. The molecule has 2 fully saturated rings. The summed E-state index contributed by atoms with van der Waals surface area (Å²) in [6, 6.07) is 13.2. The molecule has 4 atom stereocenters. The van der Waals surface area contributed by atoms with Crippen LogP contribution in [0, 0.1) is 0 Å². The van der Waals surface area contributed by atoms with Crippen molar-refractivity contribution < 1.29 is 28.7 Å². The van der Waals surface area contributed by atoms with Crippen LogP contribution in [-0.4, -0.2) is 50.1 Å². The molecule has 2 aliphatic heterocycles. The molecule has 0 saturated heterocycles. The predicted molar refractivity (Wildman–Crippen MR) is 113 cm³/mol. The van der Waals surface area contributed by atoms with Gasteiger partial charge in [0.2, 0.25) is 0 Å². The third-order valence-electron chi connectivity index (χ3n) is 7.79. The van der Waals surface area contributed by atoms with Gasteiger partial charge >= 0.3 is 12.2 Å². The van der Waals surface area contributed by atoms with Crippen LogP contribution in [0.4, 0.5) is 21.0 Å². The van der Waals surface area contributed by atoms with Gasteiger partial charge in [-0.2, -0.15) is 0 Å². The first-order valence-corrected chi connectivity index (χ1v) is 10.4. The number of hydrogen-bond acceptors (Lipinski definition) is 6. The molecule has 4 aliphatic rings. The third kappa shape index (κ3) is 1.78. The number of nitrogens with zero attached hydrogens (tertiary/aromatic N) is 2. The molecule has 0 aromatic heterocycles. The zero-order valence-corrected chi connectivity index (χ0v) is 17.5. The summed E-state index contributed by atoms with van der Waals surface area (Å²) in [7, 11) is 2.57. The maximum atomic E-state index is 13.1. The molecule has 6 rings (SSSR count). The number of Topliss-reactive ketones (excluding diaryl/α,β-unsaturated/α-hetero) is 2. The van der Waals surface area contributed by atoms with Crippen molar-refractivity contribution in [3.05, 3.63) is 59.7 Å². The molecule has 4 unspecified atom stereocenters. The van der Waals surface area contributed by atoms with Gasteiger partial charge in [-0.25, -0.2) is 9.59 Å². The van der Waals surface area contributed by atoms with Crippen molar-refractivity contribution in [2.45, 2.75) is 35.8 Å². The van der Waals surface area contributed by atoms with E-state index in [1.165, 1.54) is 24.0 Å². The summed E-state index contributed by atoms with van der Waals surface area (Å²) < 4.78 is 10.1. The lowest BCUT2D eigenvalue weighted by Gasteiger charge is -2.62. The Hall–Kier alpha value is -3.68. The smallest absolute Gasteiger partial charge is 0.414 e. The van der Waals surface area contributed by atoms with Crippen molar-refractivity contribution in [3.8, 4) is 0 Å². The summed E-state index contributed by atoms with van der Waals surface area (Å²) in [4.78, 5) is 54.6. The van der Waals surface area contributed by atoms with Crippen LogP contribution < -0.4 is 9.80 Å². The monoisotopic (exact) mass is 432 g/mol. The maximum Gasteiger partial charge on any atom is 0.414 e. The Morgan fingerprint density at radius 2 is 1.12 bits per heavy atom. The Morgan fingerprint density at radius 3 is 1.47 bits per heavy atom. The number of hydrogen-bond donors (Lipinski definition) is 0. The Morgan fingerprint density at radius 1 is 0.750 bits per heavy atom. The van der Waals surface area contributed by atoms with Crippen LogP contribution in [0.2, 0.25) is 0 Å². The van der Waals surface area contributed by atoms with E-state index in [9.17, 15) is 19.2 Å². The van der Waals surface area contributed by atoms with Crippen LogP contribution in [0.25, 0.3) is 0 Å². The van der Waals surface area contributed by atoms with E-state index in [1.807, 2.05) is 36.4 Å². The molecule has 8 nitrogen and oxygen atoms in total. The molecular formula is C24H20N2O6. The van der Waals surface area contributed by atoms with Crippen LogP contribution >= 0.6 is 0 Å². The van der Waals surface area contributed by atoms with Crippen molar-refractivity contribution in [1.82, 2.24) is 0 Å². The van der Waals surface area contributed by atoms with Crippen LogP contribution in [0.3, 0.4) is 0 Å². The van der Waals surface area contributed by atoms with Gasteiger partial charge in [-0.1, -0.05) is 36.4 Å². The van der Waals surface area contributed by atoms with Gasteiger partial charge in [-0.05, 0) is 23.3 Å². The fourth-order valence-electron chi connectivity index (χ4n) is 6.73. The molecule has 0 spiro atoms. The lowest BCUT2D eigenvalue weighted by molar-refractivity contribution is -0.145. The van der Waals surface area contributed by atoms with Crippen molar-refractivity contribution in [1.29, 1.82) is 0 Å². The quantitative estimate of drug-likeness (QED) is 0.688. The first kappa shape index (κ1) is 19.0. The number of rotatable bonds is 1. The molecule has 2 saturated carbocycles. The van der Waals surface area contributed by atoms with Gasteiger partial charge in [-0.15, -0.1) is 0 Å². The molecule has 2 amide bonds. The Balaban J connectivity index is 1.65. The number of anilines is 2. The standard InChI is InChI=1S/C24H20N2O6/c1-31-21(29)25-15-9-5-3-7-13(15)23(11-17(27)19(23)25)24-12-18(28)20(24)26(22(30)32-2)16-10-6-4-8-14(16)24/h3-10,19-20H,11-12H2,1-2H3. The Bertz CT molecular complexity index is 1150. The van der Waals surface area contributed by atoms with Gasteiger partial charge in [0.05, 0.1) is 25.6 Å². The fraction of sp³-hybridized carbons (Fsp3) is 0.333. The van der Waals surface area contributed by atoms with E-state index in [0.717, 1.165) is 11.1 Å². The Labute approximate surface area is 183 Å². The topological polar surface area (TPSA) is 93.2 Å². The summed E-state index contributed by atoms with van der Waals surface area (Å²) in [6.45, 7) is 0. The number of carbonyl (C=O) groups is 4. The second-order valence-corrected chi connectivity index (χ2v) is 8.75. The molecule has 162 valence electrons. The number of methoxy groups -OCH3 is 2. The van der Waals surface area contributed by atoms with Gasteiger partial charge < -0.3 is 9.47 Å². The maximum absolute atomic E-state index is 13.1. The average Bonchev–Trinajstić information content (AvgIpc) is 3.19. The van der Waals surface area contributed by atoms with E-state index in [-0.39, 0.29) is 24.4 Å². The van der Waals surface area contributed by atoms with Crippen molar-refractivity contribution in [3.63, 3.8) is 0 Å². The number of ether oxygens (including phenoxy) is 2. The lowest BCUT2D eigenvalue weighted by Crippen LogP contribution is -2.78. The van der Waals surface area contributed by atoms with Crippen molar-refractivity contribution in [2.24, 2.45) is 0 Å². The van der Waals surface area contributed by atoms with Crippen LogP contribution in [-0.2, 0) is 29.9 Å². The zero-order valence-electron chi connectivity index (χ0n) is 17.5. The SMILES string of the molecule is COC(=O)N1c2ccccc2C2(C34CC(=O)C3N(C(=O)OC)c3ccccc34)CC(=O)C12. The zero-order chi connectivity index (χ0) is 22.4. The van der Waals surface area contributed by atoms with Gasteiger partial charge in [0.15, 0.2) is 11.6 Å². The summed E-state index contributed by atoms with van der Waals surface area (Å²) in [5.41, 5.74) is 1.19. The molecule has 2 aliphatic carbocycles. The summed E-state index contributed by atoms with van der Waals surface area (Å²) >= 11 is 0. The first-order valence-electron chi connectivity index (χ1n) is 10.4. The molecule has 0 bridgehead atoms. The number of carbonyl (C=O) groups excluding carboxylic acids is 4. The number of benzene rings is 2. The van der Waals surface area contributed by atoms with Gasteiger partial charge in [0.25, 0.3) is 0 Å². The highest BCUT2D eigenvalue weighted by molar-refractivity contribution is 6.15. The van der Waals surface area contributed by atoms with E-state index in [4.69, 9.17) is 9.47 Å². The first-order chi connectivity index (χ1) is 15.4. The molecule has 2 heterocycles. The highest BCUT2D eigenvalue weighted by atomic mass is 16.5. The minimum Gasteiger partial charge on any atom is -0.452 e. The van der Waals surface area contributed by atoms with E-state index in [0.29, 0.717) is 11.4 Å². The summed E-state index contributed by atoms with van der Waals surface area (Å²) in [5, 5.41) is 0. The molecule has 2 aromatic rings. The number of para-hydroxylation sites is 2. The second-order valence-electron chi connectivity index (χ2n) is 8.75. The van der Waals surface area contributed by atoms with E-state index in [2.05, 4.69) is 0 Å². The van der Waals surface area contributed by atoms with Gasteiger partial charge in [0.1, 0.15) is 12.1 Å². The number of fused-ring (bicyclic) bond motifs is 7. The average molecular weight is 432 g/mol. The fourth-order valence-corrected chi connectivity index (χ4v) is 6.73. The van der Waals surface area contributed by atoms with Gasteiger partial charge in [0, 0.05) is 23.7 Å². The summed E-state index contributed by atoms with van der Waals surface area (Å²) in [6.07, 6.45) is -0.885. The molecule has 2 aromatic carbocycles. The second kappa shape index (κ2) is 5.97. The summed E-state index contributed by atoms with van der Waals surface area (Å²) in [5.74, 6) is -0.179.